The van der Waals surface area contributed by atoms with Crippen molar-refractivity contribution in [2.24, 2.45) is 10.2 Å². The van der Waals surface area contributed by atoms with Crippen molar-refractivity contribution in [1.82, 2.24) is 5.32 Å². The predicted octanol–water partition coefficient (Wildman–Crippen LogP) is 3.09. The molecule has 0 bridgehead atoms. The largest absolute Gasteiger partial charge is 0.353 e. The van der Waals surface area contributed by atoms with Gasteiger partial charge in [-0.3, -0.25) is 4.79 Å². The van der Waals surface area contributed by atoms with Gasteiger partial charge in [0.1, 0.15) is 17.6 Å². The highest BCUT2D eigenvalue weighted by Crippen LogP contribution is 2.28. The SMILES string of the molecule is CCCNC(=O)C(C#N)N=Nc1cccc(F)c1Br. The molecule has 1 atom stereocenters. The Kier molecular flexibility index (Phi) is 6.09. The van der Waals surface area contributed by atoms with Crippen molar-refractivity contribution >= 4 is 27.5 Å². The number of carbonyl (C=O) groups excluding carboxylic acids is 1. The molecule has 0 aliphatic carbocycles. The molecule has 0 saturated heterocycles. The second kappa shape index (κ2) is 7.59. The average molecular weight is 327 g/mol. The van der Waals surface area contributed by atoms with Crippen molar-refractivity contribution in [3.8, 4) is 6.07 Å². The zero-order valence-electron chi connectivity index (χ0n) is 10.2. The number of hydrogen-bond donors (Lipinski definition) is 1. The van der Waals surface area contributed by atoms with Gasteiger partial charge in [0.05, 0.1) is 4.47 Å². The molecule has 0 saturated carbocycles. The number of nitriles is 1. The highest BCUT2D eigenvalue weighted by atomic mass is 79.9. The van der Waals surface area contributed by atoms with Gasteiger partial charge in [0.25, 0.3) is 5.91 Å². The van der Waals surface area contributed by atoms with E-state index >= 15 is 0 Å². The van der Waals surface area contributed by atoms with E-state index in [-0.39, 0.29) is 10.2 Å². The van der Waals surface area contributed by atoms with Gasteiger partial charge in [0.2, 0.25) is 6.04 Å². The van der Waals surface area contributed by atoms with Crippen LogP contribution in [0.1, 0.15) is 13.3 Å². The van der Waals surface area contributed by atoms with Crippen molar-refractivity contribution in [2.75, 3.05) is 6.54 Å². The molecule has 1 amide bonds. The molecule has 0 heterocycles. The molecule has 1 aromatic rings. The number of hydrogen-bond acceptors (Lipinski definition) is 4. The van der Waals surface area contributed by atoms with Crippen molar-refractivity contribution < 1.29 is 9.18 Å². The van der Waals surface area contributed by atoms with Gasteiger partial charge in [-0.2, -0.15) is 15.5 Å². The average Bonchev–Trinajstić information content (AvgIpc) is 2.41. The molecule has 19 heavy (non-hydrogen) atoms. The minimum absolute atomic E-state index is 0.143. The third kappa shape index (κ3) is 4.41. The van der Waals surface area contributed by atoms with Gasteiger partial charge in [0, 0.05) is 6.54 Å². The molecule has 5 nitrogen and oxygen atoms in total. The fraction of sp³-hybridized carbons (Fsp3) is 0.333. The Morgan fingerprint density at radius 1 is 1.63 bits per heavy atom. The van der Waals surface area contributed by atoms with Crippen LogP contribution in [0.25, 0.3) is 0 Å². The van der Waals surface area contributed by atoms with E-state index in [1.807, 2.05) is 6.92 Å². The van der Waals surface area contributed by atoms with Crippen molar-refractivity contribution in [3.63, 3.8) is 0 Å². The lowest BCUT2D eigenvalue weighted by Gasteiger charge is -2.04. The maximum Gasteiger partial charge on any atom is 0.261 e. The fourth-order valence-electron chi connectivity index (χ4n) is 1.17. The Bertz CT molecular complexity index is 527. The summed E-state index contributed by atoms with van der Waals surface area (Å²) in [5.74, 6) is -0.999. The van der Waals surface area contributed by atoms with Gasteiger partial charge in [-0.15, -0.1) is 0 Å². The summed E-state index contributed by atoms with van der Waals surface area (Å²) < 4.78 is 13.4. The van der Waals surface area contributed by atoms with Crippen LogP contribution in [0.5, 0.6) is 0 Å². The van der Waals surface area contributed by atoms with E-state index in [1.165, 1.54) is 18.2 Å². The Morgan fingerprint density at radius 2 is 2.37 bits per heavy atom. The van der Waals surface area contributed by atoms with Crippen LogP contribution in [0.15, 0.2) is 32.9 Å². The van der Waals surface area contributed by atoms with E-state index in [4.69, 9.17) is 5.26 Å². The summed E-state index contributed by atoms with van der Waals surface area (Å²) >= 11 is 3.02. The summed E-state index contributed by atoms with van der Waals surface area (Å²) in [5.41, 5.74) is 0.226. The number of halogens is 2. The van der Waals surface area contributed by atoms with E-state index in [0.717, 1.165) is 6.42 Å². The van der Waals surface area contributed by atoms with Gasteiger partial charge in [-0.25, -0.2) is 4.39 Å². The van der Waals surface area contributed by atoms with E-state index < -0.39 is 17.8 Å². The number of carbonyl (C=O) groups is 1. The third-order valence-electron chi connectivity index (χ3n) is 2.13. The predicted molar refractivity (Wildman–Crippen MR) is 71.3 cm³/mol. The van der Waals surface area contributed by atoms with Gasteiger partial charge in [0.15, 0.2) is 0 Å². The number of amides is 1. The lowest BCUT2D eigenvalue weighted by Crippen LogP contribution is -2.32. The quantitative estimate of drug-likeness (QED) is 0.844. The first-order chi connectivity index (χ1) is 9.10. The molecule has 7 heteroatoms. The van der Waals surface area contributed by atoms with Gasteiger partial charge in [-0.05, 0) is 34.5 Å². The first-order valence-corrected chi connectivity index (χ1v) is 6.41. The summed E-state index contributed by atoms with van der Waals surface area (Å²) in [6.07, 6.45) is 0.760. The Labute approximate surface area is 118 Å². The summed E-state index contributed by atoms with van der Waals surface area (Å²) in [5, 5.41) is 18.7. The zero-order chi connectivity index (χ0) is 14.3. The molecule has 0 aliphatic rings. The minimum Gasteiger partial charge on any atom is -0.353 e. The van der Waals surface area contributed by atoms with Crippen LogP contribution in [-0.2, 0) is 4.79 Å². The number of benzene rings is 1. The molecule has 1 aromatic carbocycles. The Morgan fingerprint density at radius 3 is 3.00 bits per heavy atom. The molecule has 0 aliphatic heterocycles. The molecule has 0 aromatic heterocycles. The first kappa shape index (κ1) is 15.2. The second-order valence-electron chi connectivity index (χ2n) is 3.61. The van der Waals surface area contributed by atoms with Crippen LogP contribution < -0.4 is 5.32 Å². The van der Waals surface area contributed by atoms with E-state index in [1.54, 1.807) is 6.07 Å². The summed E-state index contributed by atoms with van der Waals surface area (Å²) in [7, 11) is 0. The maximum absolute atomic E-state index is 13.2. The van der Waals surface area contributed by atoms with Crippen LogP contribution in [-0.4, -0.2) is 18.5 Å². The summed E-state index contributed by atoms with van der Waals surface area (Å²) in [6, 6.07) is 4.75. The molecular formula is C12H12BrFN4O. The zero-order valence-corrected chi connectivity index (χ0v) is 11.8. The Hall–Kier alpha value is -1.81. The van der Waals surface area contributed by atoms with Gasteiger partial charge in [-0.1, -0.05) is 13.0 Å². The molecule has 1 rings (SSSR count). The van der Waals surface area contributed by atoms with Crippen LogP contribution in [0.3, 0.4) is 0 Å². The number of rotatable bonds is 5. The molecular weight excluding hydrogens is 315 g/mol. The van der Waals surface area contributed by atoms with Crippen LogP contribution in [0, 0.1) is 17.1 Å². The van der Waals surface area contributed by atoms with Crippen LogP contribution in [0.2, 0.25) is 0 Å². The monoisotopic (exact) mass is 326 g/mol. The van der Waals surface area contributed by atoms with Crippen LogP contribution in [0.4, 0.5) is 10.1 Å². The lowest BCUT2D eigenvalue weighted by atomic mass is 10.3. The second-order valence-corrected chi connectivity index (χ2v) is 4.40. The highest BCUT2D eigenvalue weighted by molar-refractivity contribution is 9.10. The topological polar surface area (TPSA) is 77.6 Å². The van der Waals surface area contributed by atoms with E-state index in [9.17, 15) is 9.18 Å². The van der Waals surface area contributed by atoms with E-state index in [0.29, 0.717) is 6.54 Å². The fourth-order valence-corrected chi connectivity index (χ4v) is 1.51. The normalized spacial score (nSPS) is 12.1. The van der Waals surface area contributed by atoms with Crippen molar-refractivity contribution in [1.29, 1.82) is 5.26 Å². The third-order valence-corrected chi connectivity index (χ3v) is 2.92. The number of nitrogens with zero attached hydrogens (tertiary/aromatic N) is 3. The standard InChI is InChI=1S/C12H12BrFN4O/c1-2-6-16-12(19)10(7-15)18-17-9-5-3-4-8(14)11(9)13/h3-5,10H,2,6H2,1H3,(H,16,19). The molecule has 0 radical (unpaired) electrons. The number of azo groups is 1. The smallest absolute Gasteiger partial charge is 0.261 e. The minimum atomic E-state index is -1.23. The van der Waals surface area contributed by atoms with Crippen molar-refractivity contribution in [3.05, 3.63) is 28.5 Å². The van der Waals surface area contributed by atoms with Gasteiger partial charge < -0.3 is 5.32 Å². The molecule has 1 unspecified atom stereocenters. The van der Waals surface area contributed by atoms with Crippen molar-refractivity contribution in [2.45, 2.75) is 19.4 Å². The number of nitrogens with one attached hydrogen (secondary N) is 1. The Balaban J connectivity index is 2.81. The van der Waals surface area contributed by atoms with Crippen LogP contribution >= 0.6 is 15.9 Å². The maximum atomic E-state index is 13.2. The lowest BCUT2D eigenvalue weighted by molar-refractivity contribution is -0.121. The van der Waals surface area contributed by atoms with Gasteiger partial charge >= 0.3 is 0 Å². The molecule has 1 N–H and O–H groups in total. The summed E-state index contributed by atoms with van der Waals surface area (Å²) in [6.45, 7) is 2.36. The molecule has 100 valence electrons. The highest BCUT2D eigenvalue weighted by Gasteiger charge is 2.16. The summed E-state index contributed by atoms with van der Waals surface area (Å²) in [4.78, 5) is 11.5. The molecule has 0 spiro atoms. The first-order valence-electron chi connectivity index (χ1n) is 5.62. The molecule has 0 fully saturated rings. The van der Waals surface area contributed by atoms with E-state index in [2.05, 4.69) is 31.5 Å².